The highest BCUT2D eigenvalue weighted by molar-refractivity contribution is 7.07. The number of H-pyrrole nitrogens is 1. The molecule has 1 saturated heterocycles. The normalized spacial score (nSPS) is 17.5. The molecule has 3 heterocycles. The minimum absolute atomic E-state index is 0.0557. The maximum absolute atomic E-state index is 12.7. The smallest absolute Gasteiger partial charge is 0.241 e. The second-order valence-electron chi connectivity index (χ2n) is 6.56. The SMILES string of the molecule is Cc1ncc(CN2CCCC2C(=O)Nc2ccc(-c3cscn3)cc2)[nH]1. The van der Waals surface area contributed by atoms with E-state index in [2.05, 4.69) is 25.2 Å². The number of aromatic amines is 1. The Bertz CT molecular complexity index is 872. The number of nitrogens with zero attached hydrogens (tertiary/aromatic N) is 3. The Morgan fingerprint density at radius 1 is 1.35 bits per heavy atom. The first-order valence-electron chi connectivity index (χ1n) is 8.73. The number of benzene rings is 1. The third-order valence-electron chi connectivity index (χ3n) is 4.68. The molecule has 0 bridgehead atoms. The fourth-order valence-electron chi connectivity index (χ4n) is 3.39. The van der Waals surface area contributed by atoms with Crippen LogP contribution in [0, 0.1) is 6.92 Å². The Morgan fingerprint density at radius 2 is 2.19 bits per heavy atom. The highest BCUT2D eigenvalue weighted by Gasteiger charge is 2.30. The Morgan fingerprint density at radius 3 is 2.88 bits per heavy atom. The van der Waals surface area contributed by atoms with Crippen LogP contribution in [0.4, 0.5) is 5.69 Å². The lowest BCUT2D eigenvalue weighted by atomic mass is 10.1. The zero-order valence-corrected chi connectivity index (χ0v) is 15.4. The second kappa shape index (κ2) is 7.39. The van der Waals surface area contributed by atoms with Gasteiger partial charge in [0.25, 0.3) is 0 Å². The molecule has 1 aliphatic heterocycles. The number of hydrogen-bond donors (Lipinski definition) is 2. The molecule has 26 heavy (non-hydrogen) atoms. The number of nitrogens with one attached hydrogen (secondary N) is 2. The van der Waals surface area contributed by atoms with Crippen LogP contribution in [0.2, 0.25) is 0 Å². The van der Waals surface area contributed by atoms with Gasteiger partial charge in [0.2, 0.25) is 5.91 Å². The van der Waals surface area contributed by atoms with E-state index < -0.39 is 0 Å². The fourth-order valence-corrected chi connectivity index (χ4v) is 3.95. The minimum atomic E-state index is -0.100. The second-order valence-corrected chi connectivity index (χ2v) is 7.28. The van der Waals surface area contributed by atoms with E-state index in [-0.39, 0.29) is 11.9 Å². The van der Waals surface area contributed by atoms with Crippen molar-refractivity contribution in [1.82, 2.24) is 19.9 Å². The highest BCUT2D eigenvalue weighted by Crippen LogP contribution is 2.23. The molecule has 4 rings (SSSR count). The number of aromatic nitrogens is 3. The third-order valence-corrected chi connectivity index (χ3v) is 5.26. The van der Waals surface area contributed by atoms with Crippen LogP contribution in [-0.4, -0.2) is 38.3 Å². The van der Waals surface area contributed by atoms with E-state index in [1.165, 1.54) is 0 Å². The molecule has 7 heteroatoms. The lowest BCUT2D eigenvalue weighted by Gasteiger charge is -2.23. The molecule has 0 saturated carbocycles. The van der Waals surface area contributed by atoms with Gasteiger partial charge in [-0.15, -0.1) is 11.3 Å². The van der Waals surface area contributed by atoms with E-state index in [1.807, 2.05) is 48.3 Å². The standard InChI is InChI=1S/C19H21N5OS/c1-13-20-9-16(22-13)10-24-8-2-3-18(24)19(25)23-15-6-4-14(5-7-15)17-11-26-12-21-17/h4-7,9,11-12,18H,2-3,8,10H2,1H3,(H,20,22)(H,23,25). The number of carbonyl (C=O) groups is 1. The molecule has 1 amide bonds. The molecule has 1 atom stereocenters. The summed E-state index contributed by atoms with van der Waals surface area (Å²) in [5.74, 6) is 0.959. The average molecular weight is 367 g/mol. The number of anilines is 1. The van der Waals surface area contributed by atoms with Crippen molar-refractivity contribution in [3.8, 4) is 11.3 Å². The summed E-state index contributed by atoms with van der Waals surface area (Å²) in [6.07, 6.45) is 3.77. The molecule has 2 aromatic heterocycles. The number of imidazole rings is 1. The summed E-state index contributed by atoms with van der Waals surface area (Å²) in [5.41, 5.74) is 5.71. The van der Waals surface area contributed by atoms with Crippen molar-refractivity contribution in [3.63, 3.8) is 0 Å². The van der Waals surface area contributed by atoms with Gasteiger partial charge in [0, 0.05) is 35.1 Å². The van der Waals surface area contributed by atoms with Gasteiger partial charge >= 0.3 is 0 Å². The van der Waals surface area contributed by atoms with Crippen LogP contribution in [0.1, 0.15) is 24.4 Å². The lowest BCUT2D eigenvalue weighted by molar-refractivity contribution is -0.120. The number of carbonyl (C=O) groups excluding carboxylic acids is 1. The molecular formula is C19H21N5OS. The van der Waals surface area contributed by atoms with Gasteiger partial charge in [-0.1, -0.05) is 12.1 Å². The largest absolute Gasteiger partial charge is 0.345 e. The van der Waals surface area contributed by atoms with Crippen molar-refractivity contribution >= 4 is 22.9 Å². The van der Waals surface area contributed by atoms with E-state index in [1.54, 1.807) is 11.3 Å². The Hall–Kier alpha value is -2.51. The summed E-state index contributed by atoms with van der Waals surface area (Å²) in [5, 5.41) is 5.07. The quantitative estimate of drug-likeness (QED) is 0.724. The van der Waals surface area contributed by atoms with Crippen LogP contribution in [-0.2, 0) is 11.3 Å². The van der Waals surface area contributed by atoms with Gasteiger partial charge in [-0.3, -0.25) is 9.69 Å². The van der Waals surface area contributed by atoms with E-state index in [0.717, 1.165) is 54.4 Å². The van der Waals surface area contributed by atoms with Crippen molar-refractivity contribution in [1.29, 1.82) is 0 Å². The monoisotopic (exact) mass is 367 g/mol. The number of thiazole rings is 1. The van der Waals surface area contributed by atoms with Crippen molar-refractivity contribution < 1.29 is 4.79 Å². The van der Waals surface area contributed by atoms with Crippen LogP contribution < -0.4 is 5.32 Å². The van der Waals surface area contributed by atoms with Gasteiger partial charge < -0.3 is 10.3 Å². The van der Waals surface area contributed by atoms with Crippen LogP contribution in [0.25, 0.3) is 11.3 Å². The number of hydrogen-bond acceptors (Lipinski definition) is 5. The Kier molecular flexibility index (Phi) is 4.81. The maximum atomic E-state index is 12.7. The van der Waals surface area contributed by atoms with Crippen LogP contribution in [0.5, 0.6) is 0 Å². The van der Waals surface area contributed by atoms with Crippen molar-refractivity contribution in [3.05, 3.63) is 52.9 Å². The number of likely N-dealkylation sites (tertiary alicyclic amines) is 1. The summed E-state index contributed by atoms with van der Waals surface area (Å²) in [7, 11) is 0. The van der Waals surface area contributed by atoms with Gasteiger partial charge in [0.05, 0.1) is 17.2 Å². The van der Waals surface area contributed by atoms with Crippen molar-refractivity contribution in [2.75, 3.05) is 11.9 Å². The van der Waals surface area contributed by atoms with Gasteiger partial charge in [-0.2, -0.15) is 0 Å². The first-order valence-corrected chi connectivity index (χ1v) is 9.67. The molecule has 0 spiro atoms. The minimum Gasteiger partial charge on any atom is -0.345 e. The van der Waals surface area contributed by atoms with Crippen LogP contribution in [0.3, 0.4) is 0 Å². The Labute approximate surface area is 156 Å². The molecular weight excluding hydrogens is 346 g/mol. The van der Waals surface area contributed by atoms with Gasteiger partial charge in [-0.25, -0.2) is 9.97 Å². The highest BCUT2D eigenvalue weighted by atomic mass is 32.1. The summed E-state index contributed by atoms with van der Waals surface area (Å²) in [6, 6.07) is 7.75. The first-order chi connectivity index (χ1) is 12.7. The van der Waals surface area contributed by atoms with E-state index >= 15 is 0 Å². The fraction of sp³-hybridized carbons (Fsp3) is 0.316. The number of aryl methyl sites for hydroxylation is 1. The Balaban J connectivity index is 1.40. The van der Waals surface area contributed by atoms with Crippen molar-refractivity contribution in [2.45, 2.75) is 32.4 Å². The summed E-state index contributed by atoms with van der Waals surface area (Å²) in [4.78, 5) is 26.7. The molecule has 3 aromatic rings. The molecule has 1 unspecified atom stereocenters. The summed E-state index contributed by atoms with van der Waals surface area (Å²) in [6.45, 7) is 3.59. The van der Waals surface area contributed by atoms with Crippen LogP contribution in [0.15, 0.2) is 41.4 Å². The molecule has 134 valence electrons. The summed E-state index contributed by atoms with van der Waals surface area (Å²) >= 11 is 1.58. The lowest BCUT2D eigenvalue weighted by Crippen LogP contribution is -2.39. The molecule has 6 nitrogen and oxygen atoms in total. The molecule has 1 aromatic carbocycles. The topological polar surface area (TPSA) is 73.9 Å². The zero-order valence-electron chi connectivity index (χ0n) is 14.6. The van der Waals surface area contributed by atoms with E-state index in [4.69, 9.17) is 0 Å². The number of rotatable bonds is 5. The third kappa shape index (κ3) is 3.68. The predicted octanol–water partition coefficient (Wildman–Crippen LogP) is 3.44. The molecule has 2 N–H and O–H groups in total. The van der Waals surface area contributed by atoms with E-state index in [9.17, 15) is 4.79 Å². The van der Waals surface area contributed by atoms with Crippen molar-refractivity contribution in [2.24, 2.45) is 0 Å². The molecule has 0 radical (unpaired) electrons. The maximum Gasteiger partial charge on any atom is 0.241 e. The predicted molar refractivity (Wildman–Crippen MR) is 103 cm³/mol. The molecule has 1 aliphatic rings. The van der Waals surface area contributed by atoms with E-state index in [0.29, 0.717) is 0 Å². The first kappa shape index (κ1) is 16.9. The molecule has 1 fully saturated rings. The van der Waals surface area contributed by atoms with Gasteiger partial charge in [0.15, 0.2) is 0 Å². The summed E-state index contributed by atoms with van der Waals surface area (Å²) < 4.78 is 0. The average Bonchev–Trinajstić information content (AvgIpc) is 3.38. The van der Waals surface area contributed by atoms with Crippen LogP contribution >= 0.6 is 11.3 Å². The molecule has 0 aliphatic carbocycles. The number of amides is 1. The van der Waals surface area contributed by atoms with Gasteiger partial charge in [0.1, 0.15) is 5.82 Å². The zero-order chi connectivity index (χ0) is 17.9. The van der Waals surface area contributed by atoms with Gasteiger partial charge in [-0.05, 0) is 38.4 Å².